The second-order valence-corrected chi connectivity index (χ2v) is 7.43. The largest absolute Gasteiger partial charge is 0.380 e. The fourth-order valence-electron chi connectivity index (χ4n) is 1.65. The lowest BCUT2D eigenvalue weighted by molar-refractivity contribution is 0.0736. The number of rotatable bonds is 4. The topological polar surface area (TPSA) is 43.4 Å². The van der Waals surface area contributed by atoms with Gasteiger partial charge in [0.15, 0.2) is 0 Å². The lowest BCUT2D eigenvalue weighted by Gasteiger charge is -2.27. The van der Waals surface area contributed by atoms with Crippen LogP contribution in [0, 0.1) is 5.92 Å². The van der Waals surface area contributed by atoms with Crippen molar-refractivity contribution in [1.82, 2.24) is 0 Å². The lowest BCUT2D eigenvalue weighted by Crippen LogP contribution is -2.32. The smallest absolute Gasteiger partial charge is 0.235 e. The van der Waals surface area contributed by atoms with Crippen LogP contribution in [0.15, 0.2) is 0 Å². The molecule has 0 aromatic rings. The molecule has 2 unspecified atom stereocenters. The van der Waals surface area contributed by atoms with Gasteiger partial charge >= 0.3 is 0 Å². The van der Waals surface area contributed by atoms with Crippen molar-refractivity contribution < 1.29 is 13.2 Å². The van der Waals surface area contributed by atoms with E-state index in [0.717, 1.165) is 18.6 Å². The van der Waals surface area contributed by atoms with Crippen LogP contribution in [0.1, 0.15) is 12.8 Å². The molecule has 0 bridgehead atoms. The number of ether oxygens (including phenoxy) is 1. The molecular formula is C8H15ClO3S2. The summed E-state index contributed by atoms with van der Waals surface area (Å²) in [6.07, 6.45) is 1.93. The number of hydrogen-bond donors (Lipinski definition) is 0. The maximum atomic E-state index is 10.9. The monoisotopic (exact) mass is 258 g/mol. The summed E-state index contributed by atoms with van der Waals surface area (Å²) in [6.45, 7) is 0. The Kier molecular flexibility index (Phi) is 5.03. The molecule has 0 N–H and O–H groups in total. The Bertz CT molecular complexity index is 260. The molecule has 1 rings (SSSR count). The summed E-state index contributed by atoms with van der Waals surface area (Å²) < 4.78 is 27.0. The number of hydrogen-bond acceptors (Lipinski definition) is 4. The summed E-state index contributed by atoms with van der Waals surface area (Å²) in [4.78, 5) is 0. The predicted molar refractivity (Wildman–Crippen MR) is 60.5 cm³/mol. The molecular weight excluding hydrogens is 244 g/mol. The molecule has 0 aromatic carbocycles. The standard InChI is InChI=1S/C8H15ClO3S2/c1-12-8(6-14(9,10)11)7-3-2-4-13-5-7/h7-8H,2-6H2,1H3. The highest BCUT2D eigenvalue weighted by Gasteiger charge is 2.27. The summed E-state index contributed by atoms with van der Waals surface area (Å²) >= 11 is 1.85. The first-order valence-electron chi connectivity index (χ1n) is 4.56. The van der Waals surface area contributed by atoms with Crippen molar-refractivity contribution in [2.45, 2.75) is 18.9 Å². The minimum Gasteiger partial charge on any atom is -0.380 e. The normalized spacial score (nSPS) is 26.0. The Labute approximate surface area is 94.0 Å². The molecule has 0 spiro atoms. The van der Waals surface area contributed by atoms with Gasteiger partial charge in [0, 0.05) is 17.8 Å². The van der Waals surface area contributed by atoms with Crippen LogP contribution in [-0.4, -0.2) is 38.9 Å². The van der Waals surface area contributed by atoms with E-state index >= 15 is 0 Å². The molecule has 1 fully saturated rings. The second-order valence-electron chi connectivity index (χ2n) is 3.46. The van der Waals surface area contributed by atoms with E-state index in [0.29, 0.717) is 5.92 Å². The van der Waals surface area contributed by atoms with Crippen molar-refractivity contribution in [1.29, 1.82) is 0 Å². The van der Waals surface area contributed by atoms with Gasteiger partial charge < -0.3 is 4.74 Å². The Balaban J connectivity index is 2.52. The van der Waals surface area contributed by atoms with Gasteiger partial charge in [-0.15, -0.1) is 0 Å². The van der Waals surface area contributed by atoms with Gasteiger partial charge in [-0.05, 0) is 30.3 Å². The van der Waals surface area contributed by atoms with E-state index in [9.17, 15) is 8.42 Å². The highest BCUT2D eigenvalue weighted by molar-refractivity contribution is 8.13. The fraction of sp³-hybridized carbons (Fsp3) is 1.00. The molecule has 1 heterocycles. The molecule has 1 saturated heterocycles. The van der Waals surface area contributed by atoms with Crippen molar-refractivity contribution in [3.63, 3.8) is 0 Å². The lowest BCUT2D eigenvalue weighted by atomic mass is 10.00. The van der Waals surface area contributed by atoms with Crippen LogP contribution in [0.5, 0.6) is 0 Å². The van der Waals surface area contributed by atoms with Crippen LogP contribution < -0.4 is 0 Å². The highest BCUT2D eigenvalue weighted by atomic mass is 35.7. The Morgan fingerprint density at radius 2 is 2.36 bits per heavy atom. The third-order valence-electron chi connectivity index (χ3n) is 2.39. The van der Waals surface area contributed by atoms with E-state index in [1.807, 2.05) is 11.8 Å². The molecule has 1 aliphatic rings. The molecule has 14 heavy (non-hydrogen) atoms. The SMILES string of the molecule is COC(CS(=O)(=O)Cl)C1CCCSC1. The van der Waals surface area contributed by atoms with Crippen molar-refractivity contribution in [3.05, 3.63) is 0 Å². The van der Waals surface area contributed by atoms with Crippen molar-refractivity contribution in [3.8, 4) is 0 Å². The average molecular weight is 259 g/mol. The van der Waals surface area contributed by atoms with E-state index < -0.39 is 9.05 Å². The molecule has 0 aliphatic carbocycles. The van der Waals surface area contributed by atoms with Crippen molar-refractivity contribution in [2.24, 2.45) is 5.92 Å². The maximum absolute atomic E-state index is 10.9. The number of halogens is 1. The van der Waals surface area contributed by atoms with E-state index in [1.165, 1.54) is 5.75 Å². The highest BCUT2D eigenvalue weighted by Crippen LogP contribution is 2.27. The molecule has 6 heteroatoms. The first-order chi connectivity index (χ1) is 6.53. The first kappa shape index (κ1) is 12.6. The third-order valence-corrected chi connectivity index (χ3v) is 4.73. The second kappa shape index (κ2) is 5.58. The molecule has 2 atom stereocenters. The maximum Gasteiger partial charge on any atom is 0.235 e. The van der Waals surface area contributed by atoms with Crippen LogP contribution in [-0.2, 0) is 13.8 Å². The molecule has 0 amide bonds. The summed E-state index contributed by atoms with van der Waals surface area (Å²) in [5, 5.41) is 0. The van der Waals surface area contributed by atoms with Crippen molar-refractivity contribution in [2.75, 3.05) is 24.4 Å². The number of thioether (sulfide) groups is 1. The zero-order chi connectivity index (χ0) is 10.6. The first-order valence-corrected chi connectivity index (χ1v) is 8.19. The summed E-state index contributed by atoms with van der Waals surface area (Å²) in [7, 11) is 3.31. The van der Waals surface area contributed by atoms with Gasteiger partial charge in [0.05, 0.1) is 11.9 Å². The Morgan fingerprint density at radius 1 is 1.64 bits per heavy atom. The van der Waals surface area contributed by atoms with Gasteiger partial charge in [-0.2, -0.15) is 11.8 Å². The average Bonchev–Trinajstić information content (AvgIpc) is 2.14. The summed E-state index contributed by atoms with van der Waals surface area (Å²) in [5.41, 5.74) is 0. The van der Waals surface area contributed by atoms with Crippen LogP contribution in [0.3, 0.4) is 0 Å². The predicted octanol–water partition coefficient (Wildman–Crippen LogP) is 1.71. The van der Waals surface area contributed by atoms with Crippen LogP contribution in [0.4, 0.5) is 0 Å². The zero-order valence-electron chi connectivity index (χ0n) is 8.11. The molecule has 84 valence electrons. The zero-order valence-corrected chi connectivity index (χ0v) is 10.5. The fourth-order valence-corrected chi connectivity index (χ4v) is 4.05. The Morgan fingerprint density at radius 3 is 2.79 bits per heavy atom. The minimum absolute atomic E-state index is 0.0731. The minimum atomic E-state index is -3.45. The molecule has 0 aromatic heterocycles. The molecule has 3 nitrogen and oxygen atoms in total. The molecule has 0 radical (unpaired) electrons. The van der Waals surface area contributed by atoms with Crippen LogP contribution in [0.25, 0.3) is 0 Å². The van der Waals surface area contributed by atoms with Crippen LogP contribution in [0.2, 0.25) is 0 Å². The summed E-state index contributed by atoms with van der Waals surface area (Å²) in [6, 6.07) is 0. The van der Waals surface area contributed by atoms with Gasteiger partial charge in [0.2, 0.25) is 9.05 Å². The van der Waals surface area contributed by atoms with Gasteiger partial charge in [-0.1, -0.05) is 0 Å². The van der Waals surface area contributed by atoms with E-state index in [1.54, 1.807) is 7.11 Å². The summed E-state index contributed by atoms with van der Waals surface area (Å²) in [5.74, 6) is 2.40. The molecule has 1 aliphatic heterocycles. The van der Waals surface area contributed by atoms with Crippen LogP contribution >= 0.6 is 22.4 Å². The third kappa shape index (κ3) is 4.38. The van der Waals surface area contributed by atoms with Gasteiger partial charge in [0.1, 0.15) is 0 Å². The van der Waals surface area contributed by atoms with Gasteiger partial charge in [-0.25, -0.2) is 8.42 Å². The van der Waals surface area contributed by atoms with Crippen molar-refractivity contribution >= 4 is 31.5 Å². The van der Waals surface area contributed by atoms with E-state index in [-0.39, 0.29) is 11.9 Å². The van der Waals surface area contributed by atoms with Gasteiger partial charge in [-0.3, -0.25) is 0 Å². The van der Waals surface area contributed by atoms with E-state index in [2.05, 4.69) is 0 Å². The Hall–Kier alpha value is 0.550. The number of methoxy groups -OCH3 is 1. The quantitative estimate of drug-likeness (QED) is 0.720. The molecule has 0 saturated carbocycles. The van der Waals surface area contributed by atoms with Gasteiger partial charge in [0.25, 0.3) is 0 Å². The van der Waals surface area contributed by atoms with E-state index in [4.69, 9.17) is 15.4 Å².